The molecular formula is C12H14ClNOS. The third-order valence-electron chi connectivity index (χ3n) is 1.81. The molecule has 0 aliphatic carbocycles. The summed E-state index contributed by atoms with van der Waals surface area (Å²) >= 11 is 7.34. The number of hydrogen-bond acceptors (Lipinski definition) is 3. The van der Waals surface area contributed by atoms with Gasteiger partial charge in [-0.25, -0.2) is 4.98 Å². The molecule has 0 unspecified atom stereocenters. The number of phenols is 1. The molecule has 1 N–H and O–H groups in total. The number of phenolic OH excluding ortho intramolecular Hbond substituents is 1. The van der Waals surface area contributed by atoms with E-state index in [-0.39, 0.29) is 5.75 Å². The Balaban J connectivity index is 0.000000606. The highest BCUT2D eigenvalue weighted by Gasteiger charge is 2.08. The van der Waals surface area contributed by atoms with Crippen molar-refractivity contribution in [3.8, 4) is 16.3 Å². The maximum atomic E-state index is 9.61. The van der Waals surface area contributed by atoms with Gasteiger partial charge in [-0.05, 0) is 25.1 Å². The van der Waals surface area contributed by atoms with Crippen LogP contribution >= 0.6 is 22.9 Å². The van der Waals surface area contributed by atoms with Crippen LogP contribution in [0.1, 0.15) is 19.5 Å². The molecule has 0 atom stereocenters. The predicted molar refractivity (Wildman–Crippen MR) is 70.3 cm³/mol. The highest BCUT2D eigenvalue weighted by Crippen LogP contribution is 2.33. The van der Waals surface area contributed by atoms with E-state index in [4.69, 9.17) is 11.6 Å². The maximum Gasteiger partial charge on any atom is 0.127 e. The van der Waals surface area contributed by atoms with Crippen molar-refractivity contribution < 1.29 is 5.11 Å². The smallest absolute Gasteiger partial charge is 0.127 e. The summed E-state index contributed by atoms with van der Waals surface area (Å²) in [5, 5.41) is 12.9. The molecule has 1 aromatic heterocycles. The minimum Gasteiger partial charge on any atom is -0.507 e. The molecule has 4 heteroatoms. The van der Waals surface area contributed by atoms with Crippen LogP contribution < -0.4 is 0 Å². The first-order valence-electron chi connectivity index (χ1n) is 5.08. The Kier molecular flexibility index (Phi) is 4.77. The van der Waals surface area contributed by atoms with Gasteiger partial charge in [0, 0.05) is 16.1 Å². The molecule has 86 valence electrons. The fourth-order valence-corrected chi connectivity index (χ4v) is 2.15. The molecule has 0 saturated heterocycles. The van der Waals surface area contributed by atoms with Crippen molar-refractivity contribution in [2.24, 2.45) is 0 Å². The monoisotopic (exact) mass is 255 g/mol. The van der Waals surface area contributed by atoms with Crippen molar-refractivity contribution in [3.63, 3.8) is 0 Å². The van der Waals surface area contributed by atoms with Gasteiger partial charge in [-0.1, -0.05) is 25.4 Å². The van der Waals surface area contributed by atoms with Gasteiger partial charge in [0.1, 0.15) is 10.8 Å². The van der Waals surface area contributed by atoms with Gasteiger partial charge in [0.05, 0.1) is 5.56 Å². The average molecular weight is 256 g/mol. The highest BCUT2D eigenvalue weighted by molar-refractivity contribution is 7.13. The van der Waals surface area contributed by atoms with Gasteiger partial charge in [0.25, 0.3) is 0 Å². The molecule has 2 rings (SSSR count). The Labute approximate surface area is 105 Å². The topological polar surface area (TPSA) is 33.1 Å². The molecule has 0 fully saturated rings. The zero-order chi connectivity index (χ0) is 12.1. The maximum absolute atomic E-state index is 9.61. The van der Waals surface area contributed by atoms with Gasteiger partial charge in [0.2, 0.25) is 0 Å². The summed E-state index contributed by atoms with van der Waals surface area (Å²) in [6.45, 7) is 5.92. The number of aryl methyl sites for hydroxylation is 1. The standard InChI is InChI=1S/C10H8ClNOS.C2H6/c1-6-5-14-10(12-6)8-4-7(11)2-3-9(8)13;1-2/h2-5,13H,1H3;1-2H3. The highest BCUT2D eigenvalue weighted by atomic mass is 35.5. The summed E-state index contributed by atoms with van der Waals surface area (Å²) in [5.74, 6) is 0.212. The second kappa shape index (κ2) is 5.87. The Bertz CT molecular complexity index is 468. The number of nitrogens with zero attached hydrogens (tertiary/aromatic N) is 1. The molecule has 0 bridgehead atoms. The van der Waals surface area contributed by atoms with E-state index in [1.165, 1.54) is 11.3 Å². The van der Waals surface area contributed by atoms with E-state index in [1.807, 2.05) is 26.2 Å². The number of aromatic nitrogens is 1. The Morgan fingerprint density at radius 1 is 1.31 bits per heavy atom. The molecule has 0 aliphatic heterocycles. The minimum absolute atomic E-state index is 0.212. The first kappa shape index (κ1) is 13.0. The van der Waals surface area contributed by atoms with Gasteiger partial charge in [-0.3, -0.25) is 0 Å². The molecule has 1 heterocycles. The van der Waals surface area contributed by atoms with Crippen LogP contribution in [0.25, 0.3) is 10.6 Å². The fourth-order valence-electron chi connectivity index (χ4n) is 1.16. The van der Waals surface area contributed by atoms with Crippen LogP contribution in [0.3, 0.4) is 0 Å². The number of halogens is 1. The third kappa shape index (κ3) is 2.97. The van der Waals surface area contributed by atoms with E-state index in [0.29, 0.717) is 10.6 Å². The van der Waals surface area contributed by atoms with Crippen LogP contribution in [-0.4, -0.2) is 10.1 Å². The summed E-state index contributed by atoms with van der Waals surface area (Å²) in [6.07, 6.45) is 0. The number of thiazole rings is 1. The van der Waals surface area contributed by atoms with Crippen LogP contribution in [-0.2, 0) is 0 Å². The molecular weight excluding hydrogens is 242 g/mol. The fraction of sp³-hybridized carbons (Fsp3) is 0.250. The number of hydrogen-bond donors (Lipinski definition) is 1. The second-order valence-electron chi connectivity index (χ2n) is 2.96. The first-order valence-corrected chi connectivity index (χ1v) is 6.33. The Hall–Kier alpha value is -1.06. The van der Waals surface area contributed by atoms with Crippen molar-refractivity contribution in [1.29, 1.82) is 0 Å². The van der Waals surface area contributed by atoms with Crippen LogP contribution in [0.5, 0.6) is 5.75 Å². The average Bonchev–Trinajstić information content (AvgIpc) is 2.71. The SMILES string of the molecule is CC.Cc1csc(-c2cc(Cl)ccc2O)n1. The van der Waals surface area contributed by atoms with Crippen LogP contribution in [0.4, 0.5) is 0 Å². The Morgan fingerprint density at radius 3 is 2.56 bits per heavy atom. The number of rotatable bonds is 1. The molecule has 0 radical (unpaired) electrons. The van der Waals surface area contributed by atoms with Crippen molar-refractivity contribution in [2.75, 3.05) is 0 Å². The first-order chi connectivity index (χ1) is 7.66. The lowest BCUT2D eigenvalue weighted by molar-refractivity contribution is 0.477. The van der Waals surface area contributed by atoms with Crippen molar-refractivity contribution >= 4 is 22.9 Å². The number of benzene rings is 1. The van der Waals surface area contributed by atoms with Crippen LogP contribution in [0, 0.1) is 6.92 Å². The summed E-state index contributed by atoms with van der Waals surface area (Å²) in [4.78, 5) is 4.28. The molecule has 2 nitrogen and oxygen atoms in total. The molecule has 1 aromatic carbocycles. The van der Waals surface area contributed by atoms with Crippen molar-refractivity contribution in [3.05, 3.63) is 34.3 Å². The van der Waals surface area contributed by atoms with Gasteiger partial charge < -0.3 is 5.11 Å². The normalized spacial score (nSPS) is 9.50. The predicted octanol–water partition coefficient (Wildman–Crippen LogP) is 4.50. The van der Waals surface area contributed by atoms with E-state index in [2.05, 4.69) is 4.98 Å². The van der Waals surface area contributed by atoms with Crippen molar-refractivity contribution in [2.45, 2.75) is 20.8 Å². The number of aromatic hydroxyl groups is 1. The molecule has 2 aromatic rings. The van der Waals surface area contributed by atoms with Crippen LogP contribution in [0.15, 0.2) is 23.6 Å². The van der Waals surface area contributed by atoms with E-state index in [1.54, 1.807) is 18.2 Å². The van der Waals surface area contributed by atoms with E-state index in [9.17, 15) is 5.11 Å². The van der Waals surface area contributed by atoms with Crippen molar-refractivity contribution in [1.82, 2.24) is 4.98 Å². The molecule has 16 heavy (non-hydrogen) atoms. The molecule has 0 saturated carbocycles. The zero-order valence-corrected chi connectivity index (χ0v) is 11.1. The van der Waals surface area contributed by atoms with Crippen LogP contribution in [0.2, 0.25) is 5.02 Å². The van der Waals surface area contributed by atoms with E-state index in [0.717, 1.165) is 10.7 Å². The summed E-state index contributed by atoms with van der Waals surface area (Å²) < 4.78 is 0. The lowest BCUT2D eigenvalue weighted by atomic mass is 10.2. The van der Waals surface area contributed by atoms with E-state index >= 15 is 0 Å². The molecule has 0 spiro atoms. The second-order valence-corrected chi connectivity index (χ2v) is 4.25. The summed E-state index contributed by atoms with van der Waals surface area (Å²) in [5.41, 5.74) is 1.64. The van der Waals surface area contributed by atoms with Gasteiger partial charge in [0.15, 0.2) is 0 Å². The lowest BCUT2D eigenvalue weighted by Crippen LogP contribution is -1.78. The largest absolute Gasteiger partial charge is 0.507 e. The Morgan fingerprint density at radius 2 is 2.00 bits per heavy atom. The van der Waals surface area contributed by atoms with Gasteiger partial charge in [-0.15, -0.1) is 11.3 Å². The minimum atomic E-state index is 0.212. The van der Waals surface area contributed by atoms with Gasteiger partial charge in [-0.2, -0.15) is 0 Å². The molecule has 0 aliphatic rings. The summed E-state index contributed by atoms with van der Waals surface area (Å²) in [7, 11) is 0. The quantitative estimate of drug-likeness (QED) is 0.814. The van der Waals surface area contributed by atoms with E-state index < -0.39 is 0 Å². The summed E-state index contributed by atoms with van der Waals surface area (Å²) in [6, 6.07) is 4.95. The zero-order valence-electron chi connectivity index (χ0n) is 9.49. The van der Waals surface area contributed by atoms with Gasteiger partial charge >= 0.3 is 0 Å². The molecule has 0 amide bonds. The lowest BCUT2D eigenvalue weighted by Gasteiger charge is -2.00. The third-order valence-corrected chi connectivity index (χ3v) is 3.04.